The maximum Gasteiger partial charge on any atom is 0.264 e. The third kappa shape index (κ3) is 2.68. The molecule has 0 aliphatic heterocycles. The zero-order valence-corrected chi connectivity index (χ0v) is 15.6. The minimum Gasteiger partial charge on any atom is -0.268 e. The Balaban J connectivity index is 1.81. The molecular formula is C24H15ClN2O. The van der Waals surface area contributed by atoms with Crippen LogP contribution in [0.2, 0.25) is 5.02 Å². The lowest BCUT2D eigenvalue weighted by molar-refractivity contribution is 0.0968. The van der Waals surface area contributed by atoms with Gasteiger partial charge in [0.05, 0.1) is 11.0 Å². The molecule has 0 aliphatic carbocycles. The quantitative estimate of drug-likeness (QED) is 0.364. The molecule has 1 aromatic heterocycles. The molecule has 0 saturated carbocycles. The van der Waals surface area contributed by atoms with Crippen molar-refractivity contribution in [2.24, 2.45) is 0 Å². The number of carbonyl (C=O) groups is 1. The summed E-state index contributed by atoms with van der Waals surface area (Å²) in [4.78, 5) is 18.4. The molecule has 0 fully saturated rings. The Labute approximate surface area is 166 Å². The average molecular weight is 383 g/mol. The second kappa shape index (κ2) is 6.63. The van der Waals surface area contributed by atoms with Gasteiger partial charge in [-0.3, -0.25) is 9.36 Å². The lowest BCUT2D eigenvalue weighted by atomic mass is 10.0. The van der Waals surface area contributed by atoms with Crippen molar-refractivity contribution in [1.29, 1.82) is 0 Å². The van der Waals surface area contributed by atoms with E-state index in [0.29, 0.717) is 21.9 Å². The number of carbonyl (C=O) groups excluding carboxylic acids is 1. The van der Waals surface area contributed by atoms with Crippen molar-refractivity contribution in [1.82, 2.24) is 9.55 Å². The lowest BCUT2D eigenvalue weighted by Crippen LogP contribution is -2.14. The van der Waals surface area contributed by atoms with Crippen molar-refractivity contribution in [3.63, 3.8) is 0 Å². The van der Waals surface area contributed by atoms with Gasteiger partial charge in [0.25, 0.3) is 5.91 Å². The van der Waals surface area contributed by atoms with Crippen LogP contribution in [0.1, 0.15) is 10.4 Å². The molecule has 0 saturated heterocycles. The second-order valence-electron chi connectivity index (χ2n) is 6.60. The minimum absolute atomic E-state index is 0.111. The van der Waals surface area contributed by atoms with E-state index < -0.39 is 0 Å². The summed E-state index contributed by atoms with van der Waals surface area (Å²) in [5.74, 6) is 0.497. The van der Waals surface area contributed by atoms with E-state index in [2.05, 4.69) is 0 Å². The molecular weight excluding hydrogens is 368 g/mol. The third-order valence-electron chi connectivity index (χ3n) is 4.87. The van der Waals surface area contributed by atoms with Crippen LogP contribution in [-0.4, -0.2) is 15.5 Å². The van der Waals surface area contributed by atoms with E-state index in [0.717, 1.165) is 21.9 Å². The van der Waals surface area contributed by atoms with Crippen molar-refractivity contribution in [3.05, 3.63) is 102 Å². The van der Waals surface area contributed by atoms with Gasteiger partial charge in [-0.05, 0) is 35.0 Å². The highest BCUT2D eigenvalue weighted by Crippen LogP contribution is 2.29. The summed E-state index contributed by atoms with van der Waals surface area (Å²) in [7, 11) is 0. The largest absolute Gasteiger partial charge is 0.268 e. The number of halogens is 1. The van der Waals surface area contributed by atoms with Crippen LogP contribution in [0.25, 0.3) is 33.2 Å². The Morgan fingerprint density at radius 3 is 2.43 bits per heavy atom. The van der Waals surface area contributed by atoms with Crippen LogP contribution >= 0.6 is 11.6 Å². The van der Waals surface area contributed by atoms with E-state index in [4.69, 9.17) is 16.6 Å². The van der Waals surface area contributed by atoms with Crippen molar-refractivity contribution in [2.45, 2.75) is 0 Å². The maximum atomic E-state index is 13.7. The number of imidazole rings is 1. The van der Waals surface area contributed by atoms with Gasteiger partial charge in [-0.15, -0.1) is 0 Å². The van der Waals surface area contributed by atoms with Crippen molar-refractivity contribution in [3.8, 4) is 11.4 Å². The van der Waals surface area contributed by atoms with Gasteiger partial charge >= 0.3 is 0 Å². The highest BCUT2D eigenvalue weighted by molar-refractivity contribution is 6.31. The van der Waals surface area contributed by atoms with Gasteiger partial charge < -0.3 is 0 Å². The fourth-order valence-corrected chi connectivity index (χ4v) is 3.74. The predicted octanol–water partition coefficient (Wildman–Crippen LogP) is 6.20. The van der Waals surface area contributed by atoms with E-state index >= 15 is 0 Å². The number of benzene rings is 4. The fraction of sp³-hybridized carbons (Fsp3) is 0. The molecule has 0 spiro atoms. The number of rotatable bonds is 2. The van der Waals surface area contributed by atoms with Crippen LogP contribution in [0.5, 0.6) is 0 Å². The smallest absolute Gasteiger partial charge is 0.264 e. The third-order valence-corrected chi connectivity index (χ3v) is 5.11. The molecule has 134 valence electrons. The van der Waals surface area contributed by atoms with E-state index in [-0.39, 0.29) is 5.91 Å². The number of nitrogens with zero attached hydrogens (tertiary/aromatic N) is 2. The number of hydrogen-bond donors (Lipinski definition) is 0. The van der Waals surface area contributed by atoms with Crippen molar-refractivity contribution < 1.29 is 4.79 Å². The van der Waals surface area contributed by atoms with E-state index in [1.807, 2.05) is 78.9 Å². The standard InChI is InChI=1S/C24H15ClN2O/c25-18-13-14-22-21(15-18)26-23(17-8-2-1-3-9-17)27(22)24(28)20-12-6-10-16-7-4-5-11-19(16)20/h1-15H. The van der Waals surface area contributed by atoms with Gasteiger partial charge in [-0.25, -0.2) is 4.98 Å². The molecule has 0 radical (unpaired) electrons. The second-order valence-corrected chi connectivity index (χ2v) is 7.04. The molecule has 3 nitrogen and oxygen atoms in total. The highest BCUT2D eigenvalue weighted by Gasteiger charge is 2.21. The van der Waals surface area contributed by atoms with E-state index in [1.54, 1.807) is 16.7 Å². The molecule has 1 heterocycles. The maximum absolute atomic E-state index is 13.7. The number of aromatic nitrogens is 2. The van der Waals surface area contributed by atoms with Crippen molar-refractivity contribution >= 4 is 39.3 Å². The molecule has 0 unspecified atom stereocenters. The molecule has 0 aliphatic rings. The lowest BCUT2D eigenvalue weighted by Gasteiger charge is -2.10. The minimum atomic E-state index is -0.111. The number of hydrogen-bond acceptors (Lipinski definition) is 2. The Kier molecular flexibility index (Phi) is 3.96. The Bertz CT molecular complexity index is 1330. The van der Waals surface area contributed by atoms with Crippen molar-refractivity contribution in [2.75, 3.05) is 0 Å². The summed E-state index contributed by atoms with van der Waals surface area (Å²) < 4.78 is 1.68. The van der Waals surface area contributed by atoms with E-state index in [1.165, 1.54) is 0 Å². The predicted molar refractivity (Wildman–Crippen MR) is 114 cm³/mol. The monoisotopic (exact) mass is 382 g/mol. The normalized spacial score (nSPS) is 11.2. The van der Waals surface area contributed by atoms with Gasteiger partial charge in [0, 0.05) is 16.1 Å². The highest BCUT2D eigenvalue weighted by atomic mass is 35.5. The van der Waals surface area contributed by atoms with Crippen LogP contribution in [0.3, 0.4) is 0 Å². The van der Waals surface area contributed by atoms with Gasteiger partial charge in [-0.1, -0.05) is 78.3 Å². The first-order chi connectivity index (χ1) is 13.7. The van der Waals surface area contributed by atoms with Crippen LogP contribution < -0.4 is 0 Å². The van der Waals surface area contributed by atoms with Crippen LogP contribution in [0.4, 0.5) is 0 Å². The van der Waals surface area contributed by atoms with Gasteiger partial charge in [0.15, 0.2) is 0 Å². The Morgan fingerprint density at radius 1 is 0.821 bits per heavy atom. The number of fused-ring (bicyclic) bond motifs is 2. The SMILES string of the molecule is O=C(c1cccc2ccccc12)n1c(-c2ccccc2)nc2cc(Cl)ccc21. The molecule has 28 heavy (non-hydrogen) atoms. The molecule has 0 N–H and O–H groups in total. The molecule has 0 atom stereocenters. The fourth-order valence-electron chi connectivity index (χ4n) is 3.57. The molecule has 4 heteroatoms. The summed E-state index contributed by atoms with van der Waals surface area (Å²) in [5, 5.41) is 2.54. The molecule has 5 rings (SSSR count). The Hall–Kier alpha value is -3.43. The summed E-state index contributed by atoms with van der Waals surface area (Å²) >= 11 is 6.17. The van der Waals surface area contributed by atoms with Gasteiger partial charge in [0.1, 0.15) is 5.82 Å². The van der Waals surface area contributed by atoms with E-state index in [9.17, 15) is 4.79 Å². The topological polar surface area (TPSA) is 34.9 Å². The first-order valence-electron chi connectivity index (χ1n) is 8.98. The van der Waals surface area contributed by atoms with Crippen LogP contribution in [-0.2, 0) is 0 Å². The first-order valence-corrected chi connectivity index (χ1v) is 9.36. The summed E-state index contributed by atoms with van der Waals surface area (Å²) in [5.41, 5.74) is 2.95. The van der Waals surface area contributed by atoms with Crippen LogP contribution in [0.15, 0.2) is 91.0 Å². The van der Waals surface area contributed by atoms with Crippen LogP contribution in [0, 0.1) is 0 Å². The zero-order valence-electron chi connectivity index (χ0n) is 14.8. The Morgan fingerprint density at radius 2 is 1.57 bits per heavy atom. The molecule has 0 bridgehead atoms. The summed E-state index contributed by atoms with van der Waals surface area (Å²) in [6, 6.07) is 28.8. The van der Waals surface area contributed by atoms with Gasteiger partial charge in [0.2, 0.25) is 0 Å². The molecule has 5 aromatic rings. The molecule has 0 amide bonds. The average Bonchev–Trinajstić information content (AvgIpc) is 3.12. The zero-order chi connectivity index (χ0) is 19.1. The van der Waals surface area contributed by atoms with Gasteiger partial charge in [-0.2, -0.15) is 0 Å². The summed E-state index contributed by atoms with van der Waals surface area (Å²) in [6.45, 7) is 0. The summed E-state index contributed by atoms with van der Waals surface area (Å²) in [6.07, 6.45) is 0. The molecule has 4 aromatic carbocycles. The first kappa shape index (κ1) is 16.7.